The molecule has 0 fully saturated rings. The van der Waals surface area contributed by atoms with E-state index in [1.165, 1.54) is 29.1 Å². The van der Waals surface area contributed by atoms with Crippen molar-refractivity contribution in [1.29, 1.82) is 0 Å². The second kappa shape index (κ2) is 5.25. The van der Waals surface area contributed by atoms with Crippen LogP contribution in [-0.4, -0.2) is 13.5 Å². The standard InChI is InChI=1S/C12H9IO4S/c13-17-18(15,16)11-8-4-7-10(12(11)14)9-5-2-1-3-6-9/h1-8,14H. The van der Waals surface area contributed by atoms with E-state index >= 15 is 0 Å². The van der Waals surface area contributed by atoms with Crippen LogP contribution in [-0.2, 0) is 12.6 Å². The van der Waals surface area contributed by atoms with E-state index in [2.05, 4.69) is 2.51 Å². The van der Waals surface area contributed by atoms with Gasteiger partial charge in [-0.05, 0) is 11.6 Å². The first-order valence-electron chi connectivity index (χ1n) is 4.99. The quantitative estimate of drug-likeness (QED) is 0.837. The fourth-order valence-electron chi connectivity index (χ4n) is 1.61. The number of hydrogen-bond acceptors (Lipinski definition) is 4. The van der Waals surface area contributed by atoms with Gasteiger partial charge in [-0.25, -0.2) is 0 Å². The first kappa shape index (κ1) is 13.3. The van der Waals surface area contributed by atoms with Crippen LogP contribution in [0.1, 0.15) is 0 Å². The molecule has 0 aliphatic rings. The third kappa shape index (κ3) is 2.50. The van der Waals surface area contributed by atoms with Crippen LogP contribution < -0.4 is 0 Å². The van der Waals surface area contributed by atoms with Crippen LogP contribution in [0.4, 0.5) is 0 Å². The number of hydrogen-bond donors (Lipinski definition) is 1. The number of para-hydroxylation sites is 1. The Bertz CT molecular complexity index is 653. The highest BCUT2D eigenvalue weighted by Gasteiger charge is 2.21. The van der Waals surface area contributed by atoms with Crippen molar-refractivity contribution in [1.82, 2.24) is 0 Å². The van der Waals surface area contributed by atoms with Crippen LogP contribution in [0.5, 0.6) is 5.75 Å². The predicted octanol–water partition coefficient (Wildman–Crippen LogP) is 3.11. The third-order valence-corrected chi connectivity index (χ3v) is 4.89. The van der Waals surface area contributed by atoms with E-state index in [9.17, 15) is 13.5 Å². The Kier molecular flexibility index (Phi) is 3.88. The summed E-state index contributed by atoms with van der Waals surface area (Å²) in [6.07, 6.45) is 0. The number of aromatic hydroxyl groups is 1. The minimum Gasteiger partial charge on any atom is -0.506 e. The van der Waals surface area contributed by atoms with E-state index in [-0.39, 0.29) is 10.6 Å². The van der Waals surface area contributed by atoms with Gasteiger partial charge < -0.3 is 5.11 Å². The summed E-state index contributed by atoms with van der Waals surface area (Å²) in [5.41, 5.74) is 1.19. The maximum Gasteiger partial charge on any atom is 0.309 e. The first-order valence-corrected chi connectivity index (χ1v) is 7.28. The lowest BCUT2D eigenvalue weighted by molar-refractivity contribution is 0.455. The number of phenols is 1. The van der Waals surface area contributed by atoms with Crippen molar-refractivity contribution >= 4 is 33.1 Å². The van der Waals surface area contributed by atoms with Gasteiger partial charge in [0.15, 0.2) is 0 Å². The topological polar surface area (TPSA) is 63.6 Å². The Morgan fingerprint density at radius 3 is 2.28 bits per heavy atom. The van der Waals surface area contributed by atoms with Gasteiger partial charge in [0, 0.05) is 5.56 Å². The Morgan fingerprint density at radius 1 is 1.00 bits per heavy atom. The molecule has 18 heavy (non-hydrogen) atoms. The van der Waals surface area contributed by atoms with Crippen LogP contribution in [0.15, 0.2) is 53.4 Å². The van der Waals surface area contributed by atoms with Crippen molar-refractivity contribution in [3.8, 4) is 16.9 Å². The fraction of sp³-hybridized carbons (Fsp3) is 0. The maximum absolute atomic E-state index is 11.6. The summed E-state index contributed by atoms with van der Waals surface area (Å²) in [6, 6.07) is 13.6. The number of rotatable bonds is 3. The minimum absolute atomic E-state index is 0.238. The number of benzene rings is 2. The molecule has 6 heteroatoms. The molecule has 2 aromatic carbocycles. The van der Waals surface area contributed by atoms with E-state index < -0.39 is 10.1 Å². The molecule has 0 bridgehead atoms. The van der Waals surface area contributed by atoms with Crippen molar-refractivity contribution < 1.29 is 16.0 Å². The molecule has 0 atom stereocenters. The summed E-state index contributed by atoms with van der Waals surface area (Å²) in [7, 11) is -3.92. The van der Waals surface area contributed by atoms with Gasteiger partial charge in [0.25, 0.3) is 0 Å². The predicted molar refractivity (Wildman–Crippen MR) is 75.8 cm³/mol. The van der Waals surface area contributed by atoms with Gasteiger partial charge >= 0.3 is 10.1 Å². The highest BCUT2D eigenvalue weighted by molar-refractivity contribution is 14.1. The van der Waals surface area contributed by atoms with Gasteiger partial charge in [-0.15, -0.1) is 0 Å². The highest BCUT2D eigenvalue weighted by Crippen LogP contribution is 2.35. The van der Waals surface area contributed by atoms with E-state index in [0.717, 1.165) is 5.56 Å². The van der Waals surface area contributed by atoms with Crippen LogP contribution in [0, 0.1) is 0 Å². The Morgan fingerprint density at radius 2 is 1.67 bits per heavy atom. The Labute approximate surface area is 119 Å². The molecule has 94 valence electrons. The molecular weight excluding hydrogens is 367 g/mol. The molecule has 0 amide bonds. The second-order valence-electron chi connectivity index (χ2n) is 3.54. The van der Waals surface area contributed by atoms with Crippen molar-refractivity contribution in [3.05, 3.63) is 48.5 Å². The van der Waals surface area contributed by atoms with Crippen molar-refractivity contribution in [2.24, 2.45) is 0 Å². The van der Waals surface area contributed by atoms with Crippen molar-refractivity contribution in [3.63, 3.8) is 0 Å². The largest absolute Gasteiger partial charge is 0.506 e. The summed E-state index contributed by atoms with van der Waals surface area (Å²) in [5, 5.41) is 10.0. The molecule has 0 aromatic heterocycles. The van der Waals surface area contributed by atoms with Gasteiger partial charge in [-0.3, -0.25) is 0 Å². The zero-order valence-electron chi connectivity index (χ0n) is 9.08. The lowest BCUT2D eigenvalue weighted by Crippen LogP contribution is -2.00. The van der Waals surface area contributed by atoms with Crippen molar-refractivity contribution in [2.75, 3.05) is 0 Å². The fourth-order valence-corrected chi connectivity index (χ4v) is 2.85. The molecule has 0 heterocycles. The molecule has 0 spiro atoms. The summed E-state index contributed by atoms with van der Waals surface area (Å²) in [5.74, 6) is -0.305. The van der Waals surface area contributed by atoms with Crippen LogP contribution in [0.2, 0.25) is 0 Å². The number of phenolic OH excluding ortho intramolecular Hbond substituents is 1. The molecule has 0 unspecified atom stereocenters. The zero-order chi connectivity index (χ0) is 13.2. The maximum atomic E-state index is 11.6. The Balaban J connectivity index is 2.64. The van der Waals surface area contributed by atoms with Crippen LogP contribution in [0.25, 0.3) is 11.1 Å². The monoisotopic (exact) mass is 376 g/mol. The van der Waals surface area contributed by atoms with Gasteiger partial charge in [-0.1, -0.05) is 42.5 Å². The molecule has 0 saturated heterocycles. The lowest BCUT2D eigenvalue weighted by atomic mass is 10.1. The molecule has 0 aliphatic heterocycles. The zero-order valence-corrected chi connectivity index (χ0v) is 12.1. The molecule has 0 radical (unpaired) electrons. The number of halogens is 1. The summed E-state index contributed by atoms with van der Waals surface area (Å²) in [4.78, 5) is -0.238. The average molecular weight is 376 g/mol. The normalized spacial score (nSPS) is 11.4. The van der Waals surface area contributed by atoms with Crippen molar-refractivity contribution in [2.45, 2.75) is 4.90 Å². The minimum atomic E-state index is -3.92. The average Bonchev–Trinajstić information content (AvgIpc) is 2.40. The van der Waals surface area contributed by atoms with Gasteiger partial charge in [0.05, 0.1) is 0 Å². The summed E-state index contributed by atoms with van der Waals surface area (Å²) < 4.78 is 27.6. The molecule has 1 N–H and O–H groups in total. The van der Waals surface area contributed by atoms with Gasteiger partial charge in [0.1, 0.15) is 33.7 Å². The third-order valence-electron chi connectivity index (χ3n) is 2.44. The van der Waals surface area contributed by atoms with E-state index in [0.29, 0.717) is 5.56 Å². The SMILES string of the molecule is O=S(=O)(OI)c1cccc(-c2ccccc2)c1O. The smallest absolute Gasteiger partial charge is 0.309 e. The van der Waals surface area contributed by atoms with E-state index in [1.807, 2.05) is 18.2 Å². The van der Waals surface area contributed by atoms with E-state index in [1.54, 1.807) is 24.3 Å². The molecular formula is C12H9IO4S. The molecule has 0 saturated carbocycles. The second-order valence-corrected chi connectivity index (χ2v) is 6.09. The molecule has 0 aliphatic carbocycles. The van der Waals surface area contributed by atoms with Gasteiger partial charge in [0.2, 0.25) is 0 Å². The lowest BCUT2D eigenvalue weighted by Gasteiger charge is -2.08. The van der Waals surface area contributed by atoms with Crippen LogP contribution >= 0.6 is 23.0 Å². The Hall–Kier alpha value is -1.12. The van der Waals surface area contributed by atoms with Crippen LogP contribution in [0.3, 0.4) is 0 Å². The van der Waals surface area contributed by atoms with Gasteiger partial charge in [-0.2, -0.15) is 10.9 Å². The van der Waals surface area contributed by atoms with E-state index in [4.69, 9.17) is 0 Å². The molecule has 2 rings (SSSR count). The summed E-state index contributed by atoms with van der Waals surface area (Å²) >= 11 is 1.28. The highest BCUT2D eigenvalue weighted by atomic mass is 127. The molecule has 2 aromatic rings. The summed E-state index contributed by atoms with van der Waals surface area (Å²) in [6.45, 7) is 0. The first-order chi connectivity index (χ1) is 8.56. The molecule has 4 nitrogen and oxygen atoms in total.